The Morgan fingerprint density at radius 2 is 1.89 bits per heavy atom. The first-order chi connectivity index (χ1) is 13.0. The number of piperazine rings is 1. The van der Waals surface area contributed by atoms with Crippen molar-refractivity contribution in [2.75, 3.05) is 38.1 Å². The molecule has 2 aromatic heterocycles. The highest BCUT2D eigenvalue weighted by molar-refractivity contribution is 6.38. The second kappa shape index (κ2) is 7.17. The normalized spacial score (nSPS) is 15.3. The topological polar surface area (TPSA) is 74.4 Å². The van der Waals surface area contributed by atoms with Gasteiger partial charge in [0.15, 0.2) is 5.75 Å². The maximum absolute atomic E-state index is 11.3. The van der Waals surface area contributed by atoms with Crippen molar-refractivity contribution in [2.45, 2.75) is 6.92 Å². The van der Waals surface area contributed by atoms with Gasteiger partial charge < -0.3 is 19.5 Å². The molecule has 0 saturated carbocycles. The van der Waals surface area contributed by atoms with Crippen molar-refractivity contribution in [2.24, 2.45) is 0 Å². The summed E-state index contributed by atoms with van der Waals surface area (Å²) >= 11 is 6.63. The maximum atomic E-state index is 11.3. The van der Waals surface area contributed by atoms with Crippen molar-refractivity contribution in [3.05, 3.63) is 35.7 Å². The number of H-pyrrole nitrogens is 1. The quantitative estimate of drug-likeness (QED) is 0.699. The lowest BCUT2D eigenvalue weighted by molar-refractivity contribution is -0.131. The van der Waals surface area contributed by atoms with E-state index in [9.17, 15) is 4.79 Å². The maximum Gasteiger partial charge on any atom is 0.308 e. The van der Waals surface area contributed by atoms with E-state index in [0.29, 0.717) is 16.2 Å². The number of anilines is 1. The lowest BCUT2D eigenvalue weighted by Crippen LogP contribution is -2.45. The molecule has 140 valence electrons. The highest BCUT2D eigenvalue weighted by Gasteiger charge is 2.18. The van der Waals surface area contributed by atoms with Gasteiger partial charge in [-0.1, -0.05) is 17.7 Å². The predicted molar refractivity (Wildman–Crippen MR) is 105 cm³/mol. The fourth-order valence-corrected chi connectivity index (χ4v) is 3.61. The van der Waals surface area contributed by atoms with Crippen LogP contribution in [0, 0.1) is 0 Å². The molecule has 0 bridgehead atoms. The summed E-state index contributed by atoms with van der Waals surface area (Å²) in [6, 6.07) is 3.81. The van der Waals surface area contributed by atoms with Gasteiger partial charge in [0.1, 0.15) is 0 Å². The Bertz CT molecular complexity index is 978. The molecule has 1 saturated heterocycles. The fraction of sp³-hybridized carbons (Fsp3) is 0.316. The Morgan fingerprint density at radius 1 is 1.19 bits per heavy atom. The molecule has 1 N–H and O–H groups in total. The van der Waals surface area contributed by atoms with Gasteiger partial charge in [-0.05, 0) is 13.1 Å². The predicted octanol–water partition coefficient (Wildman–Crippen LogP) is 2.96. The van der Waals surface area contributed by atoms with E-state index >= 15 is 0 Å². The number of rotatable bonds is 3. The Labute approximate surface area is 161 Å². The Kier molecular flexibility index (Phi) is 4.72. The summed E-state index contributed by atoms with van der Waals surface area (Å²) in [7, 11) is 2.12. The van der Waals surface area contributed by atoms with Crippen LogP contribution in [0.5, 0.6) is 5.75 Å². The molecule has 0 aliphatic carbocycles. The number of aromatic amines is 1. The number of halogens is 1. The minimum absolute atomic E-state index is 0.391. The molecule has 0 unspecified atom stereocenters. The lowest BCUT2D eigenvalue weighted by atomic mass is 10.1. The van der Waals surface area contributed by atoms with E-state index in [4.69, 9.17) is 16.3 Å². The SMILES string of the molecule is CC(=O)Oc1c[nH]c2ccc(-c3cnc(N4CCN(C)CC4)nc3)c(Cl)c12. The van der Waals surface area contributed by atoms with Crippen molar-refractivity contribution in [1.29, 1.82) is 0 Å². The number of hydrogen-bond donors (Lipinski definition) is 1. The number of likely N-dealkylation sites (N-methyl/N-ethyl adjacent to an activating group) is 1. The van der Waals surface area contributed by atoms with Crippen LogP contribution in [-0.4, -0.2) is 59.0 Å². The molecule has 0 amide bonds. The van der Waals surface area contributed by atoms with Crippen LogP contribution in [0.1, 0.15) is 6.92 Å². The minimum Gasteiger partial charge on any atom is -0.424 e. The Morgan fingerprint density at radius 3 is 2.56 bits per heavy atom. The fourth-order valence-electron chi connectivity index (χ4n) is 3.24. The zero-order valence-corrected chi connectivity index (χ0v) is 16.0. The minimum atomic E-state index is -0.391. The van der Waals surface area contributed by atoms with Gasteiger partial charge in [-0.25, -0.2) is 9.97 Å². The number of carbonyl (C=O) groups excluding carboxylic acids is 1. The molecular weight excluding hydrogens is 366 g/mol. The second-order valence-corrected chi connectivity index (χ2v) is 7.04. The third kappa shape index (κ3) is 3.48. The molecule has 1 aliphatic rings. The summed E-state index contributed by atoms with van der Waals surface area (Å²) in [6.07, 6.45) is 5.20. The molecule has 4 rings (SSSR count). The average Bonchev–Trinajstić information content (AvgIpc) is 3.06. The third-order valence-corrected chi connectivity index (χ3v) is 5.13. The van der Waals surface area contributed by atoms with Gasteiger partial charge in [0.25, 0.3) is 0 Å². The number of nitrogens with one attached hydrogen (secondary N) is 1. The summed E-state index contributed by atoms with van der Waals surface area (Å²) in [6.45, 7) is 5.19. The number of carbonyl (C=O) groups is 1. The summed E-state index contributed by atoms with van der Waals surface area (Å²) in [5.41, 5.74) is 2.41. The summed E-state index contributed by atoms with van der Waals surface area (Å²) in [5, 5.41) is 1.17. The van der Waals surface area contributed by atoms with Gasteiger partial charge >= 0.3 is 5.97 Å². The number of benzene rings is 1. The third-order valence-electron chi connectivity index (χ3n) is 4.74. The van der Waals surface area contributed by atoms with Crippen LogP contribution in [0.25, 0.3) is 22.0 Å². The van der Waals surface area contributed by atoms with Gasteiger partial charge in [0.2, 0.25) is 5.95 Å². The standard InChI is InChI=1S/C19H20ClN5O2/c1-12(26)27-16-11-21-15-4-3-14(18(20)17(15)16)13-9-22-19(23-10-13)25-7-5-24(2)6-8-25/h3-4,9-11,21H,5-8H2,1-2H3. The van der Waals surface area contributed by atoms with Crippen molar-refractivity contribution in [1.82, 2.24) is 19.9 Å². The van der Waals surface area contributed by atoms with Gasteiger partial charge in [-0.3, -0.25) is 4.79 Å². The number of ether oxygens (including phenoxy) is 1. The molecule has 0 atom stereocenters. The van der Waals surface area contributed by atoms with E-state index < -0.39 is 5.97 Å². The van der Waals surface area contributed by atoms with Gasteiger partial charge in [0, 0.05) is 62.8 Å². The monoisotopic (exact) mass is 385 g/mol. The second-order valence-electron chi connectivity index (χ2n) is 6.66. The molecule has 27 heavy (non-hydrogen) atoms. The number of esters is 1. The van der Waals surface area contributed by atoms with E-state index in [-0.39, 0.29) is 0 Å². The molecular formula is C19H20ClN5O2. The molecule has 1 aliphatic heterocycles. The van der Waals surface area contributed by atoms with Crippen molar-refractivity contribution in [3.8, 4) is 16.9 Å². The van der Waals surface area contributed by atoms with Crippen LogP contribution in [0.4, 0.5) is 5.95 Å². The van der Waals surface area contributed by atoms with E-state index in [0.717, 1.165) is 48.8 Å². The van der Waals surface area contributed by atoms with Crippen LogP contribution in [0.2, 0.25) is 5.02 Å². The molecule has 3 aromatic rings. The number of fused-ring (bicyclic) bond motifs is 1. The summed E-state index contributed by atoms with van der Waals surface area (Å²) < 4.78 is 5.25. The van der Waals surface area contributed by atoms with Crippen LogP contribution < -0.4 is 9.64 Å². The zero-order valence-electron chi connectivity index (χ0n) is 15.2. The molecule has 8 heteroatoms. The van der Waals surface area contributed by atoms with E-state index in [1.807, 2.05) is 12.1 Å². The van der Waals surface area contributed by atoms with Gasteiger partial charge in [-0.15, -0.1) is 0 Å². The summed E-state index contributed by atoms with van der Waals surface area (Å²) in [4.78, 5) is 27.9. The van der Waals surface area contributed by atoms with Crippen LogP contribution in [-0.2, 0) is 4.79 Å². The number of nitrogens with zero attached hydrogens (tertiary/aromatic N) is 4. The van der Waals surface area contributed by atoms with Crippen molar-refractivity contribution < 1.29 is 9.53 Å². The smallest absolute Gasteiger partial charge is 0.308 e. The first kappa shape index (κ1) is 17.8. The molecule has 0 spiro atoms. The zero-order chi connectivity index (χ0) is 19.0. The van der Waals surface area contributed by atoms with Gasteiger partial charge in [-0.2, -0.15) is 0 Å². The highest BCUT2D eigenvalue weighted by atomic mass is 35.5. The lowest BCUT2D eigenvalue weighted by Gasteiger charge is -2.32. The van der Waals surface area contributed by atoms with Crippen molar-refractivity contribution in [3.63, 3.8) is 0 Å². The molecule has 1 aromatic carbocycles. The van der Waals surface area contributed by atoms with Gasteiger partial charge in [0.05, 0.1) is 15.9 Å². The van der Waals surface area contributed by atoms with Crippen LogP contribution in [0.15, 0.2) is 30.7 Å². The van der Waals surface area contributed by atoms with Crippen molar-refractivity contribution >= 4 is 34.4 Å². The van der Waals surface area contributed by atoms with E-state index in [2.05, 4.69) is 31.8 Å². The molecule has 7 nitrogen and oxygen atoms in total. The number of hydrogen-bond acceptors (Lipinski definition) is 6. The van der Waals surface area contributed by atoms with E-state index in [1.54, 1.807) is 18.6 Å². The molecule has 3 heterocycles. The first-order valence-electron chi connectivity index (χ1n) is 8.77. The van der Waals surface area contributed by atoms with E-state index in [1.165, 1.54) is 6.92 Å². The first-order valence-corrected chi connectivity index (χ1v) is 9.14. The average molecular weight is 386 g/mol. The van der Waals surface area contributed by atoms with Crippen LogP contribution in [0.3, 0.4) is 0 Å². The summed E-state index contributed by atoms with van der Waals surface area (Å²) in [5.74, 6) is 0.753. The Hall–Kier alpha value is -2.64. The van der Waals surface area contributed by atoms with Crippen LogP contribution >= 0.6 is 11.6 Å². The molecule has 0 radical (unpaired) electrons. The Balaban J connectivity index is 1.66. The highest BCUT2D eigenvalue weighted by Crippen LogP contribution is 2.39. The largest absolute Gasteiger partial charge is 0.424 e. The number of aromatic nitrogens is 3. The molecule has 1 fully saturated rings.